The molecule has 0 bridgehead atoms. The van der Waals surface area contributed by atoms with Crippen molar-refractivity contribution < 1.29 is 19.1 Å². The molecule has 0 aromatic heterocycles. The Kier molecular flexibility index (Phi) is 7.89. The number of unbranched alkanes of at least 4 members (excludes halogenated alkanes) is 1. The molecule has 6 nitrogen and oxygen atoms in total. The van der Waals surface area contributed by atoms with Gasteiger partial charge >= 0.3 is 0 Å². The highest BCUT2D eigenvalue weighted by Crippen LogP contribution is 2.12. The molecule has 0 radical (unpaired) electrons. The van der Waals surface area contributed by atoms with Gasteiger partial charge in [0.2, 0.25) is 0 Å². The smallest absolute Gasteiger partial charge is 0.269 e. The maximum atomic E-state index is 11.8. The van der Waals surface area contributed by atoms with Crippen LogP contribution in [-0.2, 0) is 9.53 Å². The number of rotatable bonds is 8. The van der Waals surface area contributed by atoms with Crippen molar-refractivity contribution in [1.29, 1.82) is 0 Å². The molecule has 0 spiro atoms. The number of carbonyl (C=O) groups excluding carboxylic acids is 2. The molecule has 21 heavy (non-hydrogen) atoms. The van der Waals surface area contributed by atoms with Gasteiger partial charge in [-0.25, -0.2) is 0 Å². The predicted molar refractivity (Wildman–Crippen MR) is 78.9 cm³/mol. The lowest BCUT2D eigenvalue weighted by atomic mass is 10.2. The molecule has 0 heterocycles. The highest BCUT2D eigenvalue weighted by molar-refractivity contribution is 5.95. The molecule has 0 atom stereocenters. The minimum Gasteiger partial charge on any atom is -0.494 e. The summed E-state index contributed by atoms with van der Waals surface area (Å²) in [6.07, 6.45) is 2.07. The Bertz CT molecular complexity index is 445. The van der Waals surface area contributed by atoms with Crippen LogP contribution in [0.1, 0.15) is 37.0 Å². The Balaban J connectivity index is 2.38. The molecule has 116 valence electrons. The van der Waals surface area contributed by atoms with Gasteiger partial charge in [0.1, 0.15) is 12.4 Å². The van der Waals surface area contributed by atoms with E-state index in [2.05, 4.69) is 17.8 Å². The van der Waals surface area contributed by atoms with E-state index in [0.717, 1.165) is 18.6 Å². The van der Waals surface area contributed by atoms with Crippen molar-refractivity contribution in [2.75, 3.05) is 19.8 Å². The number of benzene rings is 1. The van der Waals surface area contributed by atoms with Gasteiger partial charge in [-0.1, -0.05) is 13.3 Å². The van der Waals surface area contributed by atoms with Crippen molar-refractivity contribution in [3.63, 3.8) is 0 Å². The second kappa shape index (κ2) is 9.77. The summed E-state index contributed by atoms with van der Waals surface area (Å²) in [4.78, 5) is 23.1. The van der Waals surface area contributed by atoms with Crippen LogP contribution < -0.4 is 15.6 Å². The molecule has 2 amide bonds. The average molecular weight is 294 g/mol. The van der Waals surface area contributed by atoms with Crippen LogP contribution >= 0.6 is 0 Å². The largest absolute Gasteiger partial charge is 0.494 e. The second-order valence-corrected chi connectivity index (χ2v) is 4.37. The summed E-state index contributed by atoms with van der Waals surface area (Å²) in [5, 5.41) is 0. The lowest BCUT2D eigenvalue weighted by molar-refractivity contribution is -0.126. The summed E-state index contributed by atoms with van der Waals surface area (Å²) in [6, 6.07) is 6.75. The average Bonchev–Trinajstić information content (AvgIpc) is 2.51. The zero-order chi connectivity index (χ0) is 15.5. The minimum atomic E-state index is -0.398. The standard InChI is InChI=1S/C15H22N2O4/c1-3-5-10-21-13-8-6-12(7-9-13)15(19)17-16-14(18)11-20-4-2/h6-9H,3-5,10-11H2,1-2H3,(H,16,18)(H,17,19). The summed E-state index contributed by atoms with van der Waals surface area (Å²) < 4.78 is 10.4. The first-order valence-corrected chi connectivity index (χ1v) is 7.07. The molecule has 0 saturated carbocycles. The third-order valence-corrected chi connectivity index (χ3v) is 2.64. The number of hydrazine groups is 1. The van der Waals surface area contributed by atoms with Crippen LogP contribution in [0.2, 0.25) is 0 Å². The van der Waals surface area contributed by atoms with E-state index in [9.17, 15) is 9.59 Å². The maximum absolute atomic E-state index is 11.8. The summed E-state index contributed by atoms with van der Waals surface area (Å²) >= 11 is 0. The second-order valence-electron chi connectivity index (χ2n) is 4.37. The van der Waals surface area contributed by atoms with Gasteiger partial charge in [-0.15, -0.1) is 0 Å². The van der Waals surface area contributed by atoms with Gasteiger partial charge in [-0.2, -0.15) is 0 Å². The van der Waals surface area contributed by atoms with Crippen LogP contribution in [0.25, 0.3) is 0 Å². The topological polar surface area (TPSA) is 76.7 Å². The molecule has 0 fully saturated rings. The molecule has 6 heteroatoms. The quantitative estimate of drug-likeness (QED) is 0.565. The van der Waals surface area contributed by atoms with E-state index in [1.165, 1.54) is 0 Å². The monoisotopic (exact) mass is 294 g/mol. The Morgan fingerprint density at radius 1 is 1.10 bits per heavy atom. The number of ether oxygens (including phenoxy) is 2. The van der Waals surface area contributed by atoms with Crippen LogP contribution in [0.3, 0.4) is 0 Å². The maximum Gasteiger partial charge on any atom is 0.269 e. The fourth-order valence-corrected chi connectivity index (χ4v) is 1.47. The highest BCUT2D eigenvalue weighted by Gasteiger charge is 2.07. The molecule has 0 saturated heterocycles. The van der Waals surface area contributed by atoms with E-state index in [-0.39, 0.29) is 12.5 Å². The van der Waals surface area contributed by atoms with Gasteiger partial charge in [0.05, 0.1) is 6.61 Å². The lowest BCUT2D eigenvalue weighted by Gasteiger charge is -2.08. The summed E-state index contributed by atoms with van der Waals surface area (Å²) in [5.41, 5.74) is 5.04. The molecule has 1 aromatic rings. The normalized spacial score (nSPS) is 10.0. The molecule has 2 N–H and O–H groups in total. The molecule has 0 aliphatic rings. The number of hydrogen-bond acceptors (Lipinski definition) is 4. The first-order chi connectivity index (χ1) is 10.2. The van der Waals surface area contributed by atoms with Crippen molar-refractivity contribution in [1.82, 2.24) is 10.9 Å². The Hall–Kier alpha value is -2.08. The van der Waals surface area contributed by atoms with Crippen LogP contribution in [0.5, 0.6) is 5.75 Å². The van der Waals surface area contributed by atoms with Crippen molar-refractivity contribution in [2.24, 2.45) is 0 Å². The van der Waals surface area contributed by atoms with Crippen molar-refractivity contribution in [3.05, 3.63) is 29.8 Å². The van der Waals surface area contributed by atoms with Gasteiger partial charge in [0, 0.05) is 12.2 Å². The lowest BCUT2D eigenvalue weighted by Crippen LogP contribution is -2.43. The van der Waals surface area contributed by atoms with Crippen LogP contribution in [0.4, 0.5) is 0 Å². The zero-order valence-electron chi connectivity index (χ0n) is 12.5. The van der Waals surface area contributed by atoms with Crippen molar-refractivity contribution in [2.45, 2.75) is 26.7 Å². The molecule has 0 unspecified atom stereocenters. The third kappa shape index (κ3) is 6.76. The van der Waals surface area contributed by atoms with Gasteiger partial charge < -0.3 is 9.47 Å². The minimum absolute atomic E-state index is 0.0824. The van der Waals surface area contributed by atoms with Gasteiger partial charge in [0.15, 0.2) is 0 Å². The fraction of sp³-hybridized carbons (Fsp3) is 0.467. The molecular weight excluding hydrogens is 272 g/mol. The zero-order valence-corrected chi connectivity index (χ0v) is 12.5. The van der Waals surface area contributed by atoms with Gasteiger partial charge in [-0.05, 0) is 37.6 Å². The molecular formula is C15H22N2O4. The third-order valence-electron chi connectivity index (χ3n) is 2.64. The molecule has 0 aliphatic heterocycles. The van der Waals surface area contributed by atoms with E-state index in [1.54, 1.807) is 31.2 Å². The Labute approximate surface area is 124 Å². The van der Waals surface area contributed by atoms with Crippen molar-refractivity contribution >= 4 is 11.8 Å². The predicted octanol–water partition coefficient (Wildman–Crippen LogP) is 1.66. The van der Waals surface area contributed by atoms with E-state index in [0.29, 0.717) is 18.8 Å². The highest BCUT2D eigenvalue weighted by atomic mass is 16.5. The number of nitrogens with one attached hydrogen (secondary N) is 2. The number of hydrogen-bond donors (Lipinski definition) is 2. The van der Waals surface area contributed by atoms with Crippen LogP contribution in [0, 0.1) is 0 Å². The van der Waals surface area contributed by atoms with Gasteiger partial charge in [-0.3, -0.25) is 20.4 Å². The Morgan fingerprint density at radius 2 is 1.81 bits per heavy atom. The van der Waals surface area contributed by atoms with Crippen LogP contribution in [-0.4, -0.2) is 31.6 Å². The number of amides is 2. The fourth-order valence-electron chi connectivity index (χ4n) is 1.47. The van der Waals surface area contributed by atoms with Crippen LogP contribution in [0.15, 0.2) is 24.3 Å². The summed E-state index contributed by atoms with van der Waals surface area (Å²) in [5.74, 6) is -0.0648. The molecule has 1 rings (SSSR count). The van der Waals surface area contributed by atoms with E-state index in [1.807, 2.05) is 0 Å². The summed E-state index contributed by atoms with van der Waals surface area (Å²) in [6.45, 7) is 4.91. The van der Waals surface area contributed by atoms with E-state index >= 15 is 0 Å². The summed E-state index contributed by atoms with van der Waals surface area (Å²) in [7, 11) is 0. The first-order valence-electron chi connectivity index (χ1n) is 7.07. The van der Waals surface area contributed by atoms with E-state index < -0.39 is 5.91 Å². The number of carbonyl (C=O) groups is 2. The van der Waals surface area contributed by atoms with E-state index in [4.69, 9.17) is 9.47 Å². The Morgan fingerprint density at radius 3 is 2.43 bits per heavy atom. The van der Waals surface area contributed by atoms with Crippen molar-refractivity contribution in [3.8, 4) is 5.75 Å². The molecule has 1 aromatic carbocycles. The van der Waals surface area contributed by atoms with Gasteiger partial charge in [0.25, 0.3) is 11.8 Å². The molecule has 0 aliphatic carbocycles. The first kappa shape index (κ1) is 17.0. The SMILES string of the molecule is CCCCOc1ccc(C(=O)NNC(=O)COCC)cc1.